The van der Waals surface area contributed by atoms with E-state index in [1.807, 2.05) is 0 Å². The summed E-state index contributed by atoms with van der Waals surface area (Å²) >= 11 is 0. The van der Waals surface area contributed by atoms with E-state index in [1.54, 1.807) is 0 Å². The van der Waals surface area contributed by atoms with Crippen molar-refractivity contribution < 1.29 is 0 Å². The first-order chi connectivity index (χ1) is 9.40. The lowest BCUT2D eigenvalue weighted by Gasteiger charge is -2.20. The van der Waals surface area contributed by atoms with Crippen LogP contribution < -0.4 is 5.32 Å². The molecule has 19 heavy (non-hydrogen) atoms. The normalized spacial score (nSPS) is 25.2. The van der Waals surface area contributed by atoms with Gasteiger partial charge in [0.2, 0.25) is 0 Å². The Kier molecular flexibility index (Phi) is 4.52. The quantitative estimate of drug-likeness (QED) is 0.873. The van der Waals surface area contributed by atoms with E-state index >= 15 is 0 Å². The van der Waals surface area contributed by atoms with Gasteiger partial charge in [0.15, 0.2) is 0 Å². The molecular weight excluding hydrogens is 232 g/mol. The molecule has 1 saturated heterocycles. The number of hydrogen-bond acceptors (Lipinski definition) is 2. The molecule has 0 spiro atoms. The zero-order valence-electron chi connectivity index (χ0n) is 11.9. The second-order valence-corrected chi connectivity index (χ2v) is 6.24. The number of nitrogens with one attached hydrogen (secondary N) is 1. The van der Waals surface area contributed by atoms with Gasteiger partial charge >= 0.3 is 0 Å². The number of hydrogen-bond donors (Lipinski definition) is 1. The monoisotopic (exact) mass is 258 g/mol. The highest BCUT2D eigenvalue weighted by Crippen LogP contribution is 2.28. The van der Waals surface area contributed by atoms with Crippen molar-refractivity contribution >= 4 is 0 Å². The molecule has 1 aromatic carbocycles. The van der Waals surface area contributed by atoms with Crippen molar-refractivity contribution in [2.24, 2.45) is 5.92 Å². The van der Waals surface area contributed by atoms with E-state index in [4.69, 9.17) is 0 Å². The fraction of sp³-hybridized carbons (Fsp3) is 0.647. The minimum absolute atomic E-state index is 0.765. The predicted octanol–water partition coefficient (Wildman–Crippen LogP) is 3.04. The van der Waals surface area contributed by atoms with Crippen LogP contribution in [0.15, 0.2) is 30.3 Å². The summed E-state index contributed by atoms with van der Waals surface area (Å²) in [5, 5.41) is 3.78. The van der Waals surface area contributed by atoms with Gasteiger partial charge in [-0.1, -0.05) is 30.3 Å². The van der Waals surface area contributed by atoms with Crippen LogP contribution in [0.5, 0.6) is 0 Å². The van der Waals surface area contributed by atoms with Crippen LogP contribution in [0.25, 0.3) is 0 Å². The first kappa shape index (κ1) is 13.1. The van der Waals surface area contributed by atoms with Crippen molar-refractivity contribution in [3.63, 3.8) is 0 Å². The lowest BCUT2D eigenvalue weighted by atomic mass is 10.1. The summed E-state index contributed by atoms with van der Waals surface area (Å²) in [5.74, 6) is 1.00. The summed E-state index contributed by atoms with van der Waals surface area (Å²) in [6.45, 7) is 4.90. The molecule has 1 aromatic rings. The summed E-state index contributed by atoms with van der Waals surface area (Å²) in [4.78, 5) is 2.62. The lowest BCUT2D eigenvalue weighted by Crippen LogP contribution is -2.32. The molecule has 2 aliphatic rings. The molecule has 1 aliphatic carbocycles. The van der Waals surface area contributed by atoms with E-state index in [-0.39, 0.29) is 0 Å². The molecule has 3 rings (SSSR count). The number of benzene rings is 1. The Morgan fingerprint density at radius 3 is 2.63 bits per heavy atom. The van der Waals surface area contributed by atoms with Gasteiger partial charge in [-0.25, -0.2) is 0 Å². The topological polar surface area (TPSA) is 15.3 Å². The largest absolute Gasteiger partial charge is 0.314 e. The first-order valence-corrected chi connectivity index (χ1v) is 7.90. The van der Waals surface area contributed by atoms with Crippen LogP contribution in [-0.2, 0) is 6.54 Å². The molecule has 1 aliphatic heterocycles. The van der Waals surface area contributed by atoms with Crippen LogP contribution in [-0.4, -0.2) is 30.6 Å². The third kappa shape index (κ3) is 4.32. The third-order valence-electron chi connectivity index (χ3n) is 4.46. The summed E-state index contributed by atoms with van der Waals surface area (Å²) in [5.41, 5.74) is 1.45. The SMILES string of the molecule is c1ccc(CN2CCCC(NCC3CC3)CC2)cc1. The van der Waals surface area contributed by atoms with Crippen LogP contribution in [0, 0.1) is 5.92 Å². The summed E-state index contributed by atoms with van der Waals surface area (Å²) < 4.78 is 0. The van der Waals surface area contributed by atoms with Crippen LogP contribution in [0.3, 0.4) is 0 Å². The molecule has 0 radical (unpaired) electrons. The Balaban J connectivity index is 1.44. The Labute approximate surface area is 117 Å². The molecule has 0 aromatic heterocycles. The van der Waals surface area contributed by atoms with Gasteiger partial charge in [0, 0.05) is 12.6 Å². The van der Waals surface area contributed by atoms with E-state index < -0.39 is 0 Å². The number of rotatable bonds is 5. The van der Waals surface area contributed by atoms with Crippen LogP contribution in [0.1, 0.15) is 37.7 Å². The van der Waals surface area contributed by atoms with Gasteiger partial charge < -0.3 is 5.32 Å². The fourth-order valence-corrected chi connectivity index (χ4v) is 3.02. The van der Waals surface area contributed by atoms with Crippen molar-refractivity contribution in [3.05, 3.63) is 35.9 Å². The van der Waals surface area contributed by atoms with Crippen LogP contribution in [0.4, 0.5) is 0 Å². The Morgan fingerprint density at radius 1 is 1.00 bits per heavy atom. The Hall–Kier alpha value is -0.860. The molecular formula is C17H26N2. The zero-order chi connectivity index (χ0) is 12.9. The van der Waals surface area contributed by atoms with E-state index in [9.17, 15) is 0 Å². The minimum atomic E-state index is 0.765. The molecule has 1 heterocycles. The van der Waals surface area contributed by atoms with Crippen molar-refractivity contribution in [2.45, 2.75) is 44.7 Å². The number of nitrogens with zero attached hydrogens (tertiary/aromatic N) is 1. The van der Waals surface area contributed by atoms with Crippen LogP contribution >= 0.6 is 0 Å². The van der Waals surface area contributed by atoms with E-state index in [0.29, 0.717) is 0 Å². The highest BCUT2D eigenvalue weighted by atomic mass is 15.1. The van der Waals surface area contributed by atoms with Crippen molar-refractivity contribution in [1.82, 2.24) is 10.2 Å². The maximum Gasteiger partial charge on any atom is 0.0233 e. The predicted molar refractivity (Wildman–Crippen MR) is 80.1 cm³/mol. The van der Waals surface area contributed by atoms with Gasteiger partial charge in [0.05, 0.1) is 0 Å². The molecule has 2 nitrogen and oxygen atoms in total. The Morgan fingerprint density at radius 2 is 1.84 bits per heavy atom. The molecule has 1 unspecified atom stereocenters. The highest BCUT2D eigenvalue weighted by Gasteiger charge is 2.23. The second kappa shape index (κ2) is 6.53. The van der Waals surface area contributed by atoms with Crippen molar-refractivity contribution in [2.75, 3.05) is 19.6 Å². The zero-order valence-corrected chi connectivity index (χ0v) is 11.9. The average molecular weight is 258 g/mol. The second-order valence-electron chi connectivity index (χ2n) is 6.24. The molecule has 0 bridgehead atoms. The minimum Gasteiger partial charge on any atom is -0.314 e. The highest BCUT2D eigenvalue weighted by molar-refractivity contribution is 5.14. The lowest BCUT2D eigenvalue weighted by molar-refractivity contribution is 0.274. The van der Waals surface area contributed by atoms with E-state index in [2.05, 4.69) is 40.5 Å². The molecule has 1 saturated carbocycles. The van der Waals surface area contributed by atoms with Gasteiger partial charge in [-0.15, -0.1) is 0 Å². The van der Waals surface area contributed by atoms with Crippen molar-refractivity contribution in [3.8, 4) is 0 Å². The summed E-state index contributed by atoms with van der Waals surface area (Å²) in [7, 11) is 0. The van der Waals surface area contributed by atoms with Gasteiger partial charge in [0.25, 0.3) is 0 Å². The van der Waals surface area contributed by atoms with Gasteiger partial charge in [-0.2, -0.15) is 0 Å². The molecule has 1 atom stereocenters. The van der Waals surface area contributed by atoms with E-state index in [0.717, 1.165) is 18.5 Å². The van der Waals surface area contributed by atoms with E-state index in [1.165, 1.54) is 57.3 Å². The molecule has 1 N–H and O–H groups in total. The summed E-state index contributed by atoms with van der Waals surface area (Å²) in [6, 6.07) is 11.6. The number of likely N-dealkylation sites (tertiary alicyclic amines) is 1. The maximum absolute atomic E-state index is 3.78. The summed E-state index contributed by atoms with van der Waals surface area (Å²) in [6.07, 6.45) is 6.94. The Bertz CT molecular complexity index is 372. The fourth-order valence-electron chi connectivity index (χ4n) is 3.02. The first-order valence-electron chi connectivity index (χ1n) is 7.90. The third-order valence-corrected chi connectivity index (χ3v) is 4.46. The maximum atomic E-state index is 3.78. The molecule has 0 amide bonds. The van der Waals surface area contributed by atoms with Gasteiger partial charge in [-0.05, 0) is 63.2 Å². The molecule has 2 fully saturated rings. The van der Waals surface area contributed by atoms with Gasteiger partial charge in [-0.3, -0.25) is 4.90 Å². The average Bonchev–Trinajstić information content (AvgIpc) is 3.25. The van der Waals surface area contributed by atoms with Gasteiger partial charge in [0.1, 0.15) is 0 Å². The molecule has 2 heteroatoms. The molecule has 104 valence electrons. The smallest absolute Gasteiger partial charge is 0.0233 e. The van der Waals surface area contributed by atoms with Crippen molar-refractivity contribution in [1.29, 1.82) is 0 Å². The standard InChI is InChI=1S/C17H26N2/c1-2-5-16(6-3-1)14-19-11-4-7-17(10-12-19)18-13-15-8-9-15/h1-3,5-6,15,17-18H,4,7-14H2. The van der Waals surface area contributed by atoms with Crippen LogP contribution in [0.2, 0.25) is 0 Å².